The van der Waals surface area contributed by atoms with Gasteiger partial charge in [-0.25, -0.2) is 4.98 Å². The zero-order chi connectivity index (χ0) is 23.9. The van der Waals surface area contributed by atoms with Crippen LogP contribution in [0.4, 0.5) is 13.2 Å². The summed E-state index contributed by atoms with van der Waals surface area (Å²) in [5.41, 5.74) is 0.851. The summed E-state index contributed by atoms with van der Waals surface area (Å²) in [5, 5.41) is 3.78. The summed E-state index contributed by atoms with van der Waals surface area (Å²) < 4.78 is 41.4. The van der Waals surface area contributed by atoms with Crippen molar-refractivity contribution in [2.75, 3.05) is 6.54 Å². The number of hydrogen-bond acceptors (Lipinski definition) is 3. The molecule has 0 saturated heterocycles. The van der Waals surface area contributed by atoms with Crippen LogP contribution in [-0.2, 0) is 17.4 Å². The molecule has 2 heterocycles. The molecule has 0 spiro atoms. The molecule has 6 nitrogen and oxygen atoms in total. The highest BCUT2D eigenvalue weighted by molar-refractivity contribution is 5.85. The van der Waals surface area contributed by atoms with Crippen LogP contribution in [0.15, 0.2) is 47.4 Å². The van der Waals surface area contributed by atoms with Crippen LogP contribution in [-0.4, -0.2) is 27.0 Å². The molecule has 1 atom stereocenters. The Balaban J connectivity index is 1.64. The SMILES string of the molecule is Cc1cc2nc(C(F)(F)F)c(=O)n(C(C)C(=O)NCCc3c[nH]c4ccccc34)c2cc1C. The highest BCUT2D eigenvalue weighted by Crippen LogP contribution is 2.28. The molecule has 4 aromatic rings. The number of H-pyrrole nitrogens is 1. The second-order valence-corrected chi connectivity index (χ2v) is 8.14. The zero-order valence-corrected chi connectivity index (χ0v) is 18.4. The molecule has 0 fully saturated rings. The molecule has 1 unspecified atom stereocenters. The predicted molar refractivity (Wildman–Crippen MR) is 120 cm³/mol. The third kappa shape index (κ3) is 4.22. The fourth-order valence-corrected chi connectivity index (χ4v) is 3.95. The Labute approximate surface area is 187 Å². The van der Waals surface area contributed by atoms with E-state index in [0.717, 1.165) is 32.2 Å². The summed E-state index contributed by atoms with van der Waals surface area (Å²) >= 11 is 0. The Kier molecular flexibility index (Phi) is 5.73. The molecule has 2 aromatic carbocycles. The van der Waals surface area contributed by atoms with Crippen molar-refractivity contribution in [2.45, 2.75) is 39.4 Å². The summed E-state index contributed by atoms with van der Waals surface area (Å²) in [5.74, 6) is -0.546. The van der Waals surface area contributed by atoms with Crippen molar-refractivity contribution in [3.63, 3.8) is 0 Å². The van der Waals surface area contributed by atoms with Crippen LogP contribution in [0.2, 0.25) is 0 Å². The smallest absolute Gasteiger partial charge is 0.361 e. The second-order valence-electron chi connectivity index (χ2n) is 8.14. The predicted octanol–water partition coefficient (Wildman–Crippen LogP) is 4.43. The lowest BCUT2D eigenvalue weighted by Crippen LogP contribution is -2.39. The molecule has 172 valence electrons. The lowest BCUT2D eigenvalue weighted by molar-refractivity contribution is -0.142. The highest BCUT2D eigenvalue weighted by atomic mass is 19.4. The minimum absolute atomic E-state index is 0.0171. The number of para-hydroxylation sites is 1. The lowest BCUT2D eigenvalue weighted by Gasteiger charge is -2.20. The van der Waals surface area contributed by atoms with Gasteiger partial charge in [-0.15, -0.1) is 0 Å². The lowest BCUT2D eigenvalue weighted by atomic mass is 10.1. The van der Waals surface area contributed by atoms with E-state index in [1.807, 2.05) is 30.5 Å². The molecule has 0 bridgehead atoms. The standard InChI is InChI=1S/C24H23F3N4O2/c1-13-10-19-20(11-14(13)2)31(23(33)21(30-19)24(25,26)27)15(3)22(32)28-9-8-16-12-29-18-7-5-4-6-17(16)18/h4-7,10-12,15,29H,8-9H2,1-3H3,(H,28,32). The van der Waals surface area contributed by atoms with Crippen molar-refractivity contribution >= 4 is 27.8 Å². The van der Waals surface area contributed by atoms with E-state index in [9.17, 15) is 22.8 Å². The number of rotatable bonds is 5. The number of fused-ring (bicyclic) bond motifs is 2. The van der Waals surface area contributed by atoms with Crippen molar-refractivity contribution in [1.29, 1.82) is 0 Å². The normalized spacial score (nSPS) is 12.9. The van der Waals surface area contributed by atoms with Crippen LogP contribution in [0.25, 0.3) is 21.9 Å². The molecule has 0 radical (unpaired) electrons. The van der Waals surface area contributed by atoms with Gasteiger partial charge < -0.3 is 10.3 Å². The van der Waals surface area contributed by atoms with Crippen molar-refractivity contribution in [3.05, 3.63) is 75.3 Å². The molecular formula is C24H23F3N4O2. The van der Waals surface area contributed by atoms with E-state index >= 15 is 0 Å². The number of nitrogens with zero attached hydrogens (tertiary/aromatic N) is 2. The number of carbonyl (C=O) groups is 1. The monoisotopic (exact) mass is 456 g/mol. The Morgan fingerprint density at radius 2 is 1.88 bits per heavy atom. The molecule has 0 aliphatic rings. The van der Waals surface area contributed by atoms with Crippen LogP contribution in [0, 0.1) is 13.8 Å². The van der Waals surface area contributed by atoms with Crippen LogP contribution in [0.5, 0.6) is 0 Å². The summed E-state index contributed by atoms with van der Waals surface area (Å²) in [7, 11) is 0. The molecule has 2 aromatic heterocycles. The Bertz CT molecular complexity index is 1420. The average molecular weight is 456 g/mol. The van der Waals surface area contributed by atoms with Crippen LogP contribution in [0.3, 0.4) is 0 Å². The molecule has 0 aliphatic carbocycles. The minimum atomic E-state index is -4.93. The van der Waals surface area contributed by atoms with Gasteiger partial charge in [-0.05, 0) is 62.1 Å². The van der Waals surface area contributed by atoms with Gasteiger partial charge in [0.05, 0.1) is 11.0 Å². The average Bonchev–Trinajstić information content (AvgIpc) is 3.16. The number of aryl methyl sites for hydroxylation is 2. The molecule has 1 amide bonds. The number of amides is 1. The van der Waals surface area contributed by atoms with E-state index < -0.39 is 29.4 Å². The number of aromatic amines is 1. The maximum Gasteiger partial charge on any atom is 0.438 e. The quantitative estimate of drug-likeness (QED) is 0.466. The van der Waals surface area contributed by atoms with E-state index in [-0.39, 0.29) is 17.6 Å². The molecule has 2 N–H and O–H groups in total. The van der Waals surface area contributed by atoms with Crippen molar-refractivity contribution in [2.24, 2.45) is 0 Å². The first-order chi connectivity index (χ1) is 15.6. The van der Waals surface area contributed by atoms with Crippen LogP contribution in [0.1, 0.15) is 35.3 Å². The van der Waals surface area contributed by atoms with Gasteiger partial charge in [0, 0.05) is 23.6 Å². The van der Waals surface area contributed by atoms with Crippen molar-refractivity contribution in [1.82, 2.24) is 19.9 Å². The van der Waals surface area contributed by atoms with Gasteiger partial charge in [-0.2, -0.15) is 13.2 Å². The first-order valence-corrected chi connectivity index (χ1v) is 10.5. The number of hydrogen-bond donors (Lipinski definition) is 2. The number of halogens is 3. The van der Waals surface area contributed by atoms with Gasteiger partial charge in [-0.3, -0.25) is 14.2 Å². The van der Waals surface area contributed by atoms with Gasteiger partial charge in [0.2, 0.25) is 11.6 Å². The molecular weight excluding hydrogens is 433 g/mol. The third-order valence-corrected chi connectivity index (χ3v) is 5.91. The summed E-state index contributed by atoms with van der Waals surface area (Å²) in [4.78, 5) is 32.4. The fraction of sp³-hybridized carbons (Fsp3) is 0.292. The third-order valence-electron chi connectivity index (χ3n) is 5.91. The summed E-state index contributed by atoms with van der Waals surface area (Å²) in [6.45, 7) is 5.22. The largest absolute Gasteiger partial charge is 0.438 e. The molecule has 4 rings (SSSR count). The number of alkyl halides is 3. The maximum absolute atomic E-state index is 13.5. The van der Waals surface area contributed by atoms with Crippen molar-refractivity contribution < 1.29 is 18.0 Å². The zero-order valence-electron chi connectivity index (χ0n) is 18.4. The number of nitrogens with one attached hydrogen (secondary N) is 2. The van der Waals surface area contributed by atoms with Gasteiger partial charge in [0.25, 0.3) is 5.56 Å². The van der Waals surface area contributed by atoms with Gasteiger partial charge in [0.1, 0.15) is 6.04 Å². The van der Waals surface area contributed by atoms with Crippen molar-refractivity contribution in [3.8, 4) is 0 Å². The fourth-order valence-electron chi connectivity index (χ4n) is 3.95. The van der Waals surface area contributed by atoms with E-state index in [4.69, 9.17) is 0 Å². The molecule has 33 heavy (non-hydrogen) atoms. The number of carbonyl (C=O) groups excluding carboxylic acids is 1. The Morgan fingerprint density at radius 3 is 2.61 bits per heavy atom. The first-order valence-electron chi connectivity index (χ1n) is 10.5. The Morgan fingerprint density at radius 1 is 1.18 bits per heavy atom. The van der Waals surface area contributed by atoms with E-state index in [0.29, 0.717) is 6.42 Å². The first kappa shape index (κ1) is 22.6. The van der Waals surface area contributed by atoms with Crippen LogP contribution >= 0.6 is 0 Å². The maximum atomic E-state index is 13.5. The topological polar surface area (TPSA) is 79.8 Å². The molecule has 0 saturated carbocycles. The highest BCUT2D eigenvalue weighted by Gasteiger charge is 2.38. The summed E-state index contributed by atoms with van der Waals surface area (Å²) in [6.07, 6.45) is -2.54. The number of aromatic nitrogens is 3. The van der Waals surface area contributed by atoms with E-state index in [2.05, 4.69) is 15.3 Å². The van der Waals surface area contributed by atoms with Gasteiger partial charge >= 0.3 is 6.18 Å². The van der Waals surface area contributed by atoms with Gasteiger partial charge in [-0.1, -0.05) is 18.2 Å². The van der Waals surface area contributed by atoms with E-state index in [1.165, 1.54) is 13.0 Å². The van der Waals surface area contributed by atoms with Gasteiger partial charge in [0.15, 0.2) is 0 Å². The number of benzene rings is 2. The van der Waals surface area contributed by atoms with E-state index in [1.54, 1.807) is 19.9 Å². The second kappa shape index (κ2) is 8.38. The molecule has 9 heteroatoms. The minimum Gasteiger partial charge on any atom is -0.361 e. The van der Waals surface area contributed by atoms with Crippen LogP contribution < -0.4 is 10.9 Å². The molecule has 0 aliphatic heterocycles. The Hall–Kier alpha value is -3.62. The summed E-state index contributed by atoms with van der Waals surface area (Å²) in [6, 6.07) is 9.69.